The SMILES string of the molecule is Cc1ccc(/C=C/NC(=O)NCCCO)cc1. The Morgan fingerprint density at radius 2 is 2.06 bits per heavy atom. The molecule has 17 heavy (non-hydrogen) atoms. The number of aliphatic hydroxyl groups is 1. The van der Waals surface area contributed by atoms with Crippen molar-refractivity contribution in [1.82, 2.24) is 10.6 Å². The number of urea groups is 1. The molecule has 0 saturated heterocycles. The average molecular weight is 234 g/mol. The van der Waals surface area contributed by atoms with Crippen LogP contribution >= 0.6 is 0 Å². The first kappa shape index (κ1) is 13.3. The van der Waals surface area contributed by atoms with Gasteiger partial charge in [0, 0.05) is 19.4 Å². The zero-order chi connectivity index (χ0) is 12.5. The summed E-state index contributed by atoms with van der Waals surface area (Å²) in [4.78, 5) is 11.2. The fourth-order valence-electron chi connectivity index (χ4n) is 1.22. The lowest BCUT2D eigenvalue weighted by molar-refractivity contribution is 0.241. The van der Waals surface area contributed by atoms with E-state index in [9.17, 15) is 4.79 Å². The predicted octanol–water partition coefficient (Wildman–Crippen LogP) is 1.65. The van der Waals surface area contributed by atoms with E-state index in [1.807, 2.05) is 37.3 Å². The summed E-state index contributed by atoms with van der Waals surface area (Å²) in [5, 5.41) is 13.8. The fraction of sp³-hybridized carbons (Fsp3) is 0.308. The zero-order valence-electron chi connectivity index (χ0n) is 9.94. The van der Waals surface area contributed by atoms with Crippen molar-refractivity contribution in [3.63, 3.8) is 0 Å². The van der Waals surface area contributed by atoms with Crippen LogP contribution < -0.4 is 10.6 Å². The number of hydrogen-bond acceptors (Lipinski definition) is 2. The summed E-state index contributed by atoms with van der Waals surface area (Å²) in [7, 11) is 0. The van der Waals surface area contributed by atoms with Crippen molar-refractivity contribution >= 4 is 12.1 Å². The Morgan fingerprint density at radius 1 is 1.35 bits per heavy atom. The molecule has 0 aliphatic heterocycles. The van der Waals surface area contributed by atoms with Gasteiger partial charge in [0.2, 0.25) is 0 Å². The minimum absolute atomic E-state index is 0.0828. The van der Waals surface area contributed by atoms with E-state index in [1.54, 1.807) is 6.20 Å². The number of carbonyl (C=O) groups excluding carboxylic acids is 1. The Balaban J connectivity index is 2.29. The van der Waals surface area contributed by atoms with Crippen molar-refractivity contribution in [2.24, 2.45) is 0 Å². The number of carbonyl (C=O) groups is 1. The molecule has 0 saturated carbocycles. The predicted molar refractivity (Wildman–Crippen MR) is 68.5 cm³/mol. The van der Waals surface area contributed by atoms with Crippen molar-refractivity contribution < 1.29 is 9.90 Å². The summed E-state index contributed by atoms with van der Waals surface area (Å²) >= 11 is 0. The number of benzene rings is 1. The van der Waals surface area contributed by atoms with Crippen LogP contribution in [0.2, 0.25) is 0 Å². The molecule has 1 aromatic rings. The molecular formula is C13H18N2O2. The molecule has 0 unspecified atom stereocenters. The summed E-state index contributed by atoms with van der Waals surface area (Å²) in [6.07, 6.45) is 3.99. The standard InChI is InChI=1S/C13H18N2O2/c1-11-3-5-12(6-4-11)7-9-15-13(17)14-8-2-10-16/h3-7,9,16H,2,8,10H2,1H3,(H2,14,15,17)/b9-7+. The molecule has 1 rings (SSSR count). The third-order valence-electron chi connectivity index (χ3n) is 2.19. The van der Waals surface area contributed by atoms with Crippen LogP contribution in [0.3, 0.4) is 0 Å². The second-order valence-corrected chi connectivity index (χ2v) is 3.72. The van der Waals surface area contributed by atoms with Crippen LogP contribution in [0.5, 0.6) is 0 Å². The van der Waals surface area contributed by atoms with Gasteiger partial charge in [-0.25, -0.2) is 4.79 Å². The van der Waals surface area contributed by atoms with E-state index in [0.29, 0.717) is 13.0 Å². The second kappa shape index (κ2) is 7.46. The second-order valence-electron chi connectivity index (χ2n) is 3.72. The van der Waals surface area contributed by atoms with E-state index in [4.69, 9.17) is 5.11 Å². The maximum Gasteiger partial charge on any atom is 0.318 e. The molecule has 92 valence electrons. The molecule has 0 heterocycles. The van der Waals surface area contributed by atoms with Crippen molar-refractivity contribution in [3.8, 4) is 0 Å². The van der Waals surface area contributed by atoms with Gasteiger partial charge in [0.25, 0.3) is 0 Å². The topological polar surface area (TPSA) is 61.4 Å². The van der Waals surface area contributed by atoms with Gasteiger partial charge in [0.05, 0.1) is 0 Å². The number of hydrogen-bond donors (Lipinski definition) is 3. The molecule has 0 atom stereocenters. The summed E-state index contributed by atoms with van der Waals surface area (Å²) in [6, 6.07) is 7.73. The Labute approximate surface area is 101 Å². The molecule has 0 fully saturated rings. The van der Waals surface area contributed by atoms with Gasteiger partial charge in [-0.2, -0.15) is 0 Å². The van der Waals surface area contributed by atoms with E-state index in [-0.39, 0.29) is 12.6 Å². The van der Waals surface area contributed by atoms with Crippen LogP contribution in [0.25, 0.3) is 6.08 Å². The van der Waals surface area contributed by atoms with Crippen LogP contribution in [-0.4, -0.2) is 24.3 Å². The number of aliphatic hydroxyl groups excluding tert-OH is 1. The minimum atomic E-state index is -0.262. The number of rotatable bonds is 5. The first-order valence-electron chi connectivity index (χ1n) is 5.61. The third-order valence-corrected chi connectivity index (χ3v) is 2.19. The molecular weight excluding hydrogens is 216 g/mol. The molecule has 0 aliphatic carbocycles. The molecule has 0 radical (unpaired) electrons. The summed E-state index contributed by atoms with van der Waals surface area (Å²) in [5.74, 6) is 0. The largest absolute Gasteiger partial charge is 0.396 e. The number of amides is 2. The highest BCUT2D eigenvalue weighted by Crippen LogP contribution is 2.03. The molecule has 2 amide bonds. The quantitative estimate of drug-likeness (QED) is 0.678. The first-order chi connectivity index (χ1) is 8.22. The smallest absolute Gasteiger partial charge is 0.318 e. The van der Waals surface area contributed by atoms with Crippen molar-refractivity contribution in [3.05, 3.63) is 41.6 Å². The summed E-state index contributed by atoms with van der Waals surface area (Å²) in [6.45, 7) is 2.58. The first-order valence-corrected chi connectivity index (χ1v) is 5.61. The lowest BCUT2D eigenvalue weighted by Gasteiger charge is -2.02. The average Bonchev–Trinajstić information content (AvgIpc) is 2.32. The van der Waals surface area contributed by atoms with Crippen molar-refractivity contribution in [2.45, 2.75) is 13.3 Å². The maximum atomic E-state index is 11.2. The van der Waals surface area contributed by atoms with Gasteiger partial charge in [0.1, 0.15) is 0 Å². The highest BCUT2D eigenvalue weighted by molar-refractivity contribution is 5.75. The van der Waals surface area contributed by atoms with E-state index in [1.165, 1.54) is 5.56 Å². The van der Waals surface area contributed by atoms with Crippen molar-refractivity contribution in [2.75, 3.05) is 13.2 Å². The molecule has 1 aromatic carbocycles. The molecule has 0 aromatic heterocycles. The summed E-state index contributed by atoms with van der Waals surface area (Å²) in [5.41, 5.74) is 2.24. The normalized spacial score (nSPS) is 10.5. The van der Waals surface area contributed by atoms with Crippen LogP contribution in [-0.2, 0) is 0 Å². The summed E-state index contributed by atoms with van der Waals surface area (Å²) < 4.78 is 0. The van der Waals surface area contributed by atoms with Crippen LogP contribution in [0, 0.1) is 6.92 Å². The van der Waals surface area contributed by atoms with E-state index >= 15 is 0 Å². The highest BCUT2D eigenvalue weighted by Gasteiger charge is 1.94. The Morgan fingerprint density at radius 3 is 2.71 bits per heavy atom. The van der Waals surface area contributed by atoms with Gasteiger partial charge in [-0.05, 0) is 25.0 Å². The van der Waals surface area contributed by atoms with Gasteiger partial charge >= 0.3 is 6.03 Å². The minimum Gasteiger partial charge on any atom is -0.396 e. The van der Waals surface area contributed by atoms with Crippen LogP contribution in [0.1, 0.15) is 17.5 Å². The fourth-order valence-corrected chi connectivity index (χ4v) is 1.22. The molecule has 4 heteroatoms. The van der Waals surface area contributed by atoms with E-state index in [0.717, 1.165) is 5.56 Å². The van der Waals surface area contributed by atoms with Gasteiger partial charge in [-0.1, -0.05) is 29.8 Å². The molecule has 0 bridgehead atoms. The Bertz CT molecular complexity index is 372. The molecule has 0 aliphatic rings. The number of nitrogens with one attached hydrogen (secondary N) is 2. The Hall–Kier alpha value is -1.81. The van der Waals surface area contributed by atoms with E-state index < -0.39 is 0 Å². The van der Waals surface area contributed by atoms with Gasteiger partial charge in [-0.15, -0.1) is 0 Å². The third kappa shape index (κ3) is 5.73. The number of aryl methyl sites for hydroxylation is 1. The Kier molecular flexibility index (Phi) is 5.82. The van der Waals surface area contributed by atoms with Gasteiger partial charge < -0.3 is 15.7 Å². The van der Waals surface area contributed by atoms with Crippen LogP contribution in [0.15, 0.2) is 30.5 Å². The molecule has 3 N–H and O–H groups in total. The highest BCUT2D eigenvalue weighted by atomic mass is 16.3. The lowest BCUT2D eigenvalue weighted by Crippen LogP contribution is -2.33. The van der Waals surface area contributed by atoms with Gasteiger partial charge in [0.15, 0.2) is 0 Å². The van der Waals surface area contributed by atoms with Gasteiger partial charge in [-0.3, -0.25) is 0 Å². The maximum absolute atomic E-state index is 11.2. The van der Waals surface area contributed by atoms with E-state index in [2.05, 4.69) is 10.6 Å². The lowest BCUT2D eigenvalue weighted by atomic mass is 10.1. The molecule has 0 spiro atoms. The molecule has 4 nitrogen and oxygen atoms in total. The van der Waals surface area contributed by atoms with Crippen LogP contribution in [0.4, 0.5) is 4.79 Å². The van der Waals surface area contributed by atoms with Crippen molar-refractivity contribution in [1.29, 1.82) is 0 Å². The monoisotopic (exact) mass is 234 g/mol. The zero-order valence-corrected chi connectivity index (χ0v) is 9.94.